The van der Waals surface area contributed by atoms with E-state index in [-0.39, 0.29) is 23.0 Å². The molecule has 1 amide bonds. The van der Waals surface area contributed by atoms with Gasteiger partial charge >= 0.3 is 0 Å². The fourth-order valence-electron chi connectivity index (χ4n) is 2.95. The lowest BCUT2D eigenvalue weighted by Crippen LogP contribution is -2.50. The molecular weight excluding hydrogens is 372 g/mol. The minimum Gasteiger partial charge on any atom is -0.374 e. The van der Waals surface area contributed by atoms with Crippen LogP contribution in [-0.2, 0) is 4.74 Å². The Morgan fingerprint density at radius 3 is 2.83 bits per heavy atom. The number of halogens is 1. The quantitative estimate of drug-likeness (QED) is 0.810. The number of fused-ring (bicyclic) bond motifs is 1. The van der Waals surface area contributed by atoms with Gasteiger partial charge in [-0.15, -0.1) is 0 Å². The van der Waals surface area contributed by atoms with Crippen molar-refractivity contribution in [2.24, 2.45) is 5.41 Å². The number of carbonyl (C=O) groups is 1. The number of hydrogen-bond acceptors (Lipinski definition) is 3. The maximum atomic E-state index is 13.1. The van der Waals surface area contributed by atoms with Crippen LogP contribution in [0.1, 0.15) is 31.1 Å². The molecule has 0 bridgehead atoms. The summed E-state index contributed by atoms with van der Waals surface area (Å²) in [7, 11) is 0. The largest absolute Gasteiger partial charge is 0.374 e. The zero-order valence-corrected chi connectivity index (χ0v) is 15.6. The molecule has 3 rings (SSSR count). The third-order valence-corrected chi connectivity index (χ3v) is 5.04. The molecule has 24 heavy (non-hydrogen) atoms. The predicted molar refractivity (Wildman–Crippen MR) is 97.4 cm³/mol. The van der Waals surface area contributed by atoms with E-state index in [2.05, 4.69) is 41.7 Å². The number of rotatable bonds is 1. The third-order valence-electron chi connectivity index (χ3n) is 4.38. The highest BCUT2D eigenvalue weighted by molar-refractivity contribution is 9.10. The number of carbonyl (C=O) groups excluding carboxylic acids is 1. The summed E-state index contributed by atoms with van der Waals surface area (Å²) in [6, 6.07) is 6.94. The van der Waals surface area contributed by atoms with Crippen molar-refractivity contribution in [3.8, 4) is 0 Å². The van der Waals surface area contributed by atoms with E-state index in [9.17, 15) is 9.59 Å². The van der Waals surface area contributed by atoms with Gasteiger partial charge in [-0.2, -0.15) is 0 Å². The number of morpholine rings is 1. The first kappa shape index (κ1) is 17.2. The van der Waals surface area contributed by atoms with Crippen LogP contribution >= 0.6 is 15.9 Å². The fourth-order valence-corrected chi connectivity index (χ4v) is 3.41. The van der Waals surface area contributed by atoms with E-state index in [0.29, 0.717) is 30.8 Å². The molecule has 128 valence electrons. The van der Waals surface area contributed by atoms with Crippen molar-refractivity contribution in [1.82, 2.24) is 9.88 Å². The van der Waals surface area contributed by atoms with Crippen molar-refractivity contribution in [3.63, 3.8) is 0 Å². The molecule has 1 unspecified atom stereocenters. The van der Waals surface area contributed by atoms with Crippen LogP contribution in [0.4, 0.5) is 0 Å². The normalized spacial score (nSPS) is 18.8. The SMILES string of the molecule is CC(C)(C)C1CN(C(=O)c2cc(=O)[nH]c3c(Br)cccc23)CCO1. The second-order valence-electron chi connectivity index (χ2n) is 7.19. The minimum atomic E-state index is -0.279. The van der Waals surface area contributed by atoms with E-state index in [4.69, 9.17) is 4.74 Å². The van der Waals surface area contributed by atoms with E-state index < -0.39 is 0 Å². The van der Waals surface area contributed by atoms with Crippen molar-refractivity contribution in [2.45, 2.75) is 26.9 Å². The van der Waals surface area contributed by atoms with Gasteiger partial charge in [0.2, 0.25) is 5.56 Å². The number of benzene rings is 1. The molecule has 2 aromatic rings. The summed E-state index contributed by atoms with van der Waals surface area (Å²) < 4.78 is 6.58. The third kappa shape index (κ3) is 3.26. The Labute approximate surface area is 149 Å². The molecule has 1 fully saturated rings. The molecule has 0 spiro atoms. The summed E-state index contributed by atoms with van der Waals surface area (Å²) in [5.41, 5.74) is 0.759. The van der Waals surface area contributed by atoms with Crippen LogP contribution in [0.15, 0.2) is 33.5 Å². The lowest BCUT2D eigenvalue weighted by molar-refractivity contribution is -0.0706. The maximum Gasteiger partial charge on any atom is 0.254 e. The van der Waals surface area contributed by atoms with Crippen LogP contribution in [0.25, 0.3) is 10.9 Å². The molecule has 6 heteroatoms. The zero-order valence-electron chi connectivity index (χ0n) is 14.1. The number of pyridine rings is 1. The Morgan fingerprint density at radius 1 is 1.38 bits per heavy atom. The first-order chi connectivity index (χ1) is 11.3. The van der Waals surface area contributed by atoms with Crippen LogP contribution in [0, 0.1) is 5.41 Å². The highest BCUT2D eigenvalue weighted by atomic mass is 79.9. The van der Waals surface area contributed by atoms with Gasteiger partial charge in [0, 0.05) is 29.0 Å². The molecule has 1 aliphatic heterocycles. The van der Waals surface area contributed by atoms with Crippen LogP contribution in [-0.4, -0.2) is 41.6 Å². The number of nitrogens with one attached hydrogen (secondary N) is 1. The van der Waals surface area contributed by atoms with Gasteiger partial charge in [0.1, 0.15) is 0 Å². The highest BCUT2D eigenvalue weighted by Gasteiger charge is 2.33. The number of ether oxygens (including phenoxy) is 1. The Kier molecular flexibility index (Phi) is 4.53. The number of para-hydroxylation sites is 1. The summed E-state index contributed by atoms with van der Waals surface area (Å²) in [4.78, 5) is 29.6. The summed E-state index contributed by atoms with van der Waals surface area (Å²) in [5, 5.41) is 0.743. The Hall–Kier alpha value is -1.66. The van der Waals surface area contributed by atoms with Crippen molar-refractivity contribution in [2.75, 3.05) is 19.7 Å². The molecule has 5 nitrogen and oxygen atoms in total. The number of hydrogen-bond donors (Lipinski definition) is 1. The molecule has 2 heterocycles. The Morgan fingerprint density at radius 2 is 2.12 bits per heavy atom. The van der Waals surface area contributed by atoms with E-state index in [1.807, 2.05) is 18.2 Å². The van der Waals surface area contributed by atoms with Crippen molar-refractivity contribution < 1.29 is 9.53 Å². The molecule has 1 aliphatic rings. The standard InChI is InChI=1S/C18H21BrN2O3/c1-18(2,3)14-10-21(7-8-24-14)17(23)12-9-15(22)20-16-11(12)5-4-6-13(16)19/h4-6,9,14H,7-8,10H2,1-3H3,(H,20,22). The van der Waals surface area contributed by atoms with Gasteiger partial charge < -0.3 is 14.6 Å². The predicted octanol–water partition coefficient (Wildman–Crippen LogP) is 3.18. The Balaban J connectivity index is 2.00. The molecule has 1 saturated heterocycles. The van der Waals surface area contributed by atoms with E-state index in [1.54, 1.807) is 4.90 Å². The van der Waals surface area contributed by atoms with Gasteiger partial charge in [-0.3, -0.25) is 9.59 Å². The summed E-state index contributed by atoms with van der Waals surface area (Å²) in [5.74, 6) is -0.123. The highest BCUT2D eigenvalue weighted by Crippen LogP contribution is 2.28. The molecule has 1 aromatic carbocycles. The smallest absolute Gasteiger partial charge is 0.254 e. The maximum absolute atomic E-state index is 13.1. The molecule has 1 N–H and O–H groups in total. The molecule has 0 radical (unpaired) electrons. The van der Waals surface area contributed by atoms with Crippen LogP contribution < -0.4 is 5.56 Å². The van der Waals surface area contributed by atoms with E-state index >= 15 is 0 Å². The second kappa shape index (κ2) is 6.33. The van der Waals surface area contributed by atoms with Crippen LogP contribution in [0.5, 0.6) is 0 Å². The van der Waals surface area contributed by atoms with E-state index in [0.717, 1.165) is 9.86 Å². The van der Waals surface area contributed by atoms with Gasteiger partial charge in [0.15, 0.2) is 0 Å². The molecule has 1 atom stereocenters. The van der Waals surface area contributed by atoms with Crippen LogP contribution in [0.3, 0.4) is 0 Å². The zero-order chi connectivity index (χ0) is 17.5. The molecule has 0 aliphatic carbocycles. The number of nitrogens with zero attached hydrogens (tertiary/aromatic N) is 1. The van der Waals surface area contributed by atoms with Gasteiger partial charge in [0.05, 0.1) is 23.8 Å². The molecule has 1 aromatic heterocycles. The molecule has 0 saturated carbocycles. The number of aromatic nitrogens is 1. The Bertz CT molecular complexity index is 838. The first-order valence-electron chi connectivity index (χ1n) is 8.00. The van der Waals surface area contributed by atoms with Crippen molar-refractivity contribution in [1.29, 1.82) is 0 Å². The van der Waals surface area contributed by atoms with Gasteiger partial charge in [-0.25, -0.2) is 0 Å². The summed E-state index contributed by atoms with van der Waals surface area (Å²) >= 11 is 3.43. The second-order valence-corrected chi connectivity index (χ2v) is 8.04. The van der Waals surface area contributed by atoms with Crippen molar-refractivity contribution in [3.05, 3.63) is 44.7 Å². The fraction of sp³-hybridized carbons (Fsp3) is 0.444. The number of aromatic amines is 1. The van der Waals surface area contributed by atoms with Crippen LogP contribution in [0.2, 0.25) is 0 Å². The first-order valence-corrected chi connectivity index (χ1v) is 8.79. The monoisotopic (exact) mass is 392 g/mol. The average molecular weight is 393 g/mol. The topological polar surface area (TPSA) is 62.4 Å². The number of H-pyrrole nitrogens is 1. The minimum absolute atomic E-state index is 0.0183. The number of amides is 1. The van der Waals surface area contributed by atoms with Gasteiger partial charge in [-0.1, -0.05) is 32.9 Å². The van der Waals surface area contributed by atoms with Crippen molar-refractivity contribution >= 4 is 32.7 Å². The lowest BCUT2D eigenvalue weighted by atomic mass is 9.88. The lowest BCUT2D eigenvalue weighted by Gasteiger charge is -2.39. The van der Waals surface area contributed by atoms with E-state index in [1.165, 1.54) is 6.07 Å². The average Bonchev–Trinajstić information content (AvgIpc) is 2.54. The van der Waals surface area contributed by atoms with Gasteiger partial charge in [-0.05, 0) is 27.4 Å². The summed E-state index contributed by atoms with van der Waals surface area (Å²) in [6.07, 6.45) is -0.0183. The van der Waals surface area contributed by atoms with Gasteiger partial charge in [0.25, 0.3) is 5.91 Å². The summed E-state index contributed by atoms with van der Waals surface area (Å²) in [6.45, 7) is 7.89. The molecular formula is C18H21BrN2O3.